The number of benzene rings is 1. The maximum absolute atomic E-state index is 12.1. The number of thiazole rings is 1. The number of nitrogens with zero attached hydrogens (tertiary/aromatic N) is 1. The topological polar surface area (TPSA) is 43.4 Å². The molecule has 1 atom stereocenters. The summed E-state index contributed by atoms with van der Waals surface area (Å²) in [4.78, 5) is 4.56. The van der Waals surface area contributed by atoms with E-state index >= 15 is 0 Å². The summed E-state index contributed by atoms with van der Waals surface area (Å²) < 4.78 is 34.2. The Morgan fingerprint density at radius 2 is 2.14 bits per heavy atom. The van der Waals surface area contributed by atoms with Crippen LogP contribution in [0.4, 0.5) is 8.78 Å². The zero-order chi connectivity index (χ0) is 14.7. The summed E-state index contributed by atoms with van der Waals surface area (Å²) in [6.07, 6.45) is -0.0149. The number of hydrogen-bond donors (Lipinski definition) is 1. The Morgan fingerprint density at radius 1 is 1.33 bits per heavy atom. The zero-order valence-corrected chi connectivity index (χ0v) is 11.9. The number of alkyl halides is 2. The SMILES string of the molecule is FC(F)Oc1ccc(-c2csc(C3CNCCO3)n2)cc1. The minimum absolute atomic E-state index is 0.0149. The number of ether oxygens (including phenoxy) is 2. The average Bonchev–Trinajstić information content (AvgIpc) is 2.98. The Labute approximate surface area is 124 Å². The second-order valence-electron chi connectivity index (χ2n) is 4.54. The van der Waals surface area contributed by atoms with Crippen molar-refractivity contribution in [2.45, 2.75) is 12.7 Å². The lowest BCUT2D eigenvalue weighted by Crippen LogP contribution is -2.33. The molecule has 1 aromatic carbocycles. The first-order valence-corrected chi connectivity index (χ1v) is 7.43. The van der Waals surface area contributed by atoms with Crippen LogP contribution in [0.3, 0.4) is 0 Å². The Kier molecular flexibility index (Phi) is 4.42. The van der Waals surface area contributed by atoms with E-state index in [0.29, 0.717) is 6.61 Å². The maximum Gasteiger partial charge on any atom is 0.387 e. The first-order valence-electron chi connectivity index (χ1n) is 6.55. The molecule has 1 fully saturated rings. The molecule has 0 radical (unpaired) electrons. The summed E-state index contributed by atoms with van der Waals surface area (Å²) in [7, 11) is 0. The zero-order valence-electron chi connectivity index (χ0n) is 11.1. The van der Waals surface area contributed by atoms with Gasteiger partial charge in [-0.3, -0.25) is 0 Å². The number of rotatable bonds is 4. The van der Waals surface area contributed by atoms with Crippen molar-refractivity contribution in [3.63, 3.8) is 0 Å². The molecule has 2 aromatic rings. The lowest BCUT2D eigenvalue weighted by Gasteiger charge is -2.21. The van der Waals surface area contributed by atoms with Crippen LogP contribution in [0.1, 0.15) is 11.1 Å². The van der Waals surface area contributed by atoms with Gasteiger partial charge in [-0.15, -0.1) is 11.3 Å². The average molecular weight is 312 g/mol. The second kappa shape index (κ2) is 6.46. The highest BCUT2D eigenvalue weighted by Gasteiger charge is 2.19. The van der Waals surface area contributed by atoms with Crippen LogP contribution in [0.2, 0.25) is 0 Å². The highest BCUT2D eigenvalue weighted by molar-refractivity contribution is 7.10. The van der Waals surface area contributed by atoms with Gasteiger partial charge in [0.15, 0.2) is 0 Å². The number of hydrogen-bond acceptors (Lipinski definition) is 5. The van der Waals surface area contributed by atoms with Crippen molar-refractivity contribution in [3.8, 4) is 17.0 Å². The second-order valence-corrected chi connectivity index (χ2v) is 5.43. The van der Waals surface area contributed by atoms with Crippen molar-refractivity contribution in [1.29, 1.82) is 0 Å². The Balaban J connectivity index is 1.73. The van der Waals surface area contributed by atoms with Crippen LogP contribution < -0.4 is 10.1 Å². The van der Waals surface area contributed by atoms with Crippen LogP contribution >= 0.6 is 11.3 Å². The van der Waals surface area contributed by atoms with E-state index in [1.54, 1.807) is 12.1 Å². The van der Waals surface area contributed by atoms with Crippen LogP contribution in [-0.2, 0) is 4.74 Å². The highest BCUT2D eigenvalue weighted by Crippen LogP contribution is 2.29. The lowest BCUT2D eigenvalue weighted by atomic mass is 10.2. The molecule has 3 rings (SSSR count). The summed E-state index contributed by atoms with van der Waals surface area (Å²) in [5.41, 5.74) is 1.68. The predicted molar refractivity (Wildman–Crippen MR) is 75.7 cm³/mol. The Morgan fingerprint density at radius 3 is 2.81 bits per heavy atom. The third kappa shape index (κ3) is 3.55. The molecule has 0 spiro atoms. The summed E-state index contributed by atoms with van der Waals surface area (Å²) in [6, 6.07) is 6.46. The molecule has 1 saturated heterocycles. The van der Waals surface area contributed by atoms with Crippen LogP contribution in [0.25, 0.3) is 11.3 Å². The first-order chi connectivity index (χ1) is 10.2. The van der Waals surface area contributed by atoms with Gasteiger partial charge in [0.25, 0.3) is 0 Å². The molecule has 1 N–H and O–H groups in total. The molecule has 112 valence electrons. The number of nitrogens with one attached hydrogen (secondary N) is 1. The molecule has 1 aromatic heterocycles. The fourth-order valence-corrected chi connectivity index (χ4v) is 2.97. The van der Waals surface area contributed by atoms with Crippen molar-refractivity contribution in [3.05, 3.63) is 34.7 Å². The van der Waals surface area contributed by atoms with E-state index in [4.69, 9.17) is 4.74 Å². The summed E-state index contributed by atoms with van der Waals surface area (Å²) in [5.74, 6) is 0.143. The fourth-order valence-electron chi connectivity index (χ4n) is 2.10. The Hall–Kier alpha value is -1.57. The van der Waals surface area contributed by atoms with Gasteiger partial charge in [0.05, 0.1) is 12.3 Å². The normalized spacial score (nSPS) is 18.9. The van der Waals surface area contributed by atoms with Gasteiger partial charge in [0.2, 0.25) is 0 Å². The van der Waals surface area contributed by atoms with Crippen molar-refractivity contribution >= 4 is 11.3 Å². The van der Waals surface area contributed by atoms with Gasteiger partial charge in [0, 0.05) is 24.0 Å². The molecule has 0 amide bonds. The van der Waals surface area contributed by atoms with Gasteiger partial charge in [-0.2, -0.15) is 8.78 Å². The van der Waals surface area contributed by atoms with E-state index in [1.807, 2.05) is 5.38 Å². The lowest BCUT2D eigenvalue weighted by molar-refractivity contribution is -0.0498. The number of halogens is 2. The van der Waals surface area contributed by atoms with Gasteiger partial charge in [0.1, 0.15) is 16.9 Å². The van der Waals surface area contributed by atoms with E-state index in [2.05, 4.69) is 15.0 Å². The molecule has 1 aliphatic rings. The van der Waals surface area contributed by atoms with Gasteiger partial charge in [-0.05, 0) is 24.3 Å². The van der Waals surface area contributed by atoms with Gasteiger partial charge < -0.3 is 14.8 Å². The molecule has 21 heavy (non-hydrogen) atoms. The number of morpholine rings is 1. The van der Waals surface area contributed by atoms with E-state index in [0.717, 1.165) is 29.4 Å². The first kappa shape index (κ1) is 14.4. The molecule has 4 nitrogen and oxygen atoms in total. The molecule has 0 bridgehead atoms. The van der Waals surface area contributed by atoms with Gasteiger partial charge in [-0.25, -0.2) is 4.98 Å². The summed E-state index contributed by atoms with van der Waals surface area (Å²) in [5, 5.41) is 6.12. The van der Waals surface area contributed by atoms with Crippen LogP contribution in [0.15, 0.2) is 29.6 Å². The highest BCUT2D eigenvalue weighted by atomic mass is 32.1. The third-order valence-corrected chi connectivity index (χ3v) is 4.04. The summed E-state index contributed by atoms with van der Waals surface area (Å²) >= 11 is 1.54. The molecule has 7 heteroatoms. The largest absolute Gasteiger partial charge is 0.435 e. The van der Waals surface area contributed by atoms with Crippen molar-refractivity contribution in [1.82, 2.24) is 10.3 Å². The maximum atomic E-state index is 12.1. The monoisotopic (exact) mass is 312 g/mol. The van der Waals surface area contributed by atoms with Crippen molar-refractivity contribution in [2.24, 2.45) is 0 Å². The quantitative estimate of drug-likeness (QED) is 0.942. The minimum atomic E-state index is -2.81. The Bertz CT molecular complexity index is 583. The van der Waals surface area contributed by atoms with Crippen LogP contribution in [-0.4, -0.2) is 31.3 Å². The van der Waals surface area contributed by atoms with E-state index < -0.39 is 6.61 Å². The number of aromatic nitrogens is 1. The standard InChI is InChI=1S/C14H14F2N2O2S/c15-14(16)20-10-3-1-9(2-4-10)11-8-21-13(18-11)12-7-17-5-6-19-12/h1-4,8,12,14,17H,5-7H2. The summed E-state index contributed by atoms with van der Waals surface area (Å²) in [6.45, 7) is -0.508. The molecule has 1 aliphatic heterocycles. The van der Waals surface area contributed by atoms with Crippen molar-refractivity contribution < 1.29 is 18.3 Å². The van der Waals surface area contributed by atoms with Crippen LogP contribution in [0, 0.1) is 0 Å². The van der Waals surface area contributed by atoms with E-state index in [-0.39, 0.29) is 11.9 Å². The molecular formula is C14H14F2N2O2S. The van der Waals surface area contributed by atoms with E-state index in [9.17, 15) is 8.78 Å². The fraction of sp³-hybridized carbons (Fsp3) is 0.357. The van der Waals surface area contributed by atoms with Gasteiger partial charge in [-0.1, -0.05) is 0 Å². The smallest absolute Gasteiger partial charge is 0.387 e. The molecule has 1 unspecified atom stereocenters. The van der Waals surface area contributed by atoms with Gasteiger partial charge >= 0.3 is 6.61 Å². The third-order valence-electron chi connectivity index (χ3n) is 3.10. The molecular weight excluding hydrogens is 298 g/mol. The molecule has 0 aliphatic carbocycles. The minimum Gasteiger partial charge on any atom is -0.435 e. The van der Waals surface area contributed by atoms with Crippen LogP contribution in [0.5, 0.6) is 5.75 Å². The van der Waals surface area contributed by atoms with E-state index in [1.165, 1.54) is 23.5 Å². The predicted octanol–water partition coefficient (Wildman–Crippen LogP) is 3.07. The molecule has 2 heterocycles. The van der Waals surface area contributed by atoms with Crippen molar-refractivity contribution in [2.75, 3.05) is 19.7 Å². The molecule has 0 saturated carbocycles.